The van der Waals surface area contributed by atoms with E-state index >= 15 is 0 Å². The van der Waals surface area contributed by atoms with Gasteiger partial charge in [0.2, 0.25) is 0 Å². The van der Waals surface area contributed by atoms with Gasteiger partial charge >= 0.3 is 0 Å². The number of rotatable bonds is 4. The van der Waals surface area contributed by atoms with Crippen LogP contribution < -0.4 is 4.90 Å². The molecule has 0 spiro atoms. The fourth-order valence-electron chi connectivity index (χ4n) is 1.29. The molecule has 0 saturated carbocycles. The molecule has 1 heterocycles. The molecule has 0 fully saturated rings. The van der Waals surface area contributed by atoms with E-state index in [4.69, 9.17) is 16.9 Å². The van der Waals surface area contributed by atoms with E-state index in [1.54, 1.807) is 17.8 Å². The van der Waals surface area contributed by atoms with Gasteiger partial charge in [0.25, 0.3) is 0 Å². The molecule has 0 N–H and O–H groups in total. The Morgan fingerprint density at radius 2 is 2.31 bits per heavy atom. The lowest BCUT2D eigenvalue weighted by Crippen LogP contribution is -2.31. The van der Waals surface area contributed by atoms with Gasteiger partial charge in [-0.2, -0.15) is 17.0 Å². The van der Waals surface area contributed by atoms with Gasteiger partial charge < -0.3 is 4.90 Å². The Labute approximate surface area is 105 Å². The maximum Gasteiger partial charge on any atom is 0.161 e. The van der Waals surface area contributed by atoms with E-state index in [9.17, 15) is 0 Å². The van der Waals surface area contributed by atoms with Gasteiger partial charge in [-0.25, -0.2) is 4.98 Å². The predicted octanol–water partition coefficient (Wildman–Crippen LogP) is 2.79. The van der Waals surface area contributed by atoms with E-state index in [0.717, 1.165) is 11.6 Å². The van der Waals surface area contributed by atoms with Crippen LogP contribution in [0.4, 0.5) is 5.82 Å². The Kier molecular flexibility index (Phi) is 4.91. The number of anilines is 1. The van der Waals surface area contributed by atoms with Crippen molar-refractivity contribution < 1.29 is 0 Å². The molecule has 0 saturated heterocycles. The van der Waals surface area contributed by atoms with Gasteiger partial charge in [0, 0.05) is 18.8 Å². The Morgan fingerprint density at radius 1 is 1.62 bits per heavy atom. The van der Waals surface area contributed by atoms with Crippen LogP contribution in [0, 0.1) is 11.3 Å². The Balaban J connectivity index is 2.92. The monoisotopic (exact) mass is 255 g/mol. The summed E-state index contributed by atoms with van der Waals surface area (Å²) < 4.78 is 0. The second kappa shape index (κ2) is 5.97. The third kappa shape index (κ3) is 3.03. The first-order valence-corrected chi connectivity index (χ1v) is 6.65. The van der Waals surface area contributed by atoms with Crippen LogP contribution in [0.15, 0.2) is 12.1 Å². The van der Waals surface area contributed by atoms with E-state index in [1.165, 1.54) is 0 Å². The SMILES string of the molecule is CSCC(C)N(C)c1ccc(Cl)c(C#N)n1. The summed E-state index contributed by atoms with van der Waals surface area (Å²) in [6, 6.07) is 5.90. The van der Waals surface area contributed by atoms with Crippen molar-refractivity contribution in [3.8, 4) is 6.07 Å². The van der Waals surface area contributed by atoms with Crippen molar-refractivity contribution in [2.75, 3.05) is 24.0 Å². The Bertz CT molecular complexity index is 403. The molecule has 3 nitrogen and oxygen atoms in total. The van der Waals surface area contributed by atoms with E-state index in [1.807, 2.05) is 24.1 Å². The molecule has 16 heavy (non-hydrogen) atoms. The summed E-state index contributed by atoms with van der Waals surface area (Å²) >= 11 is 7.62. The maximum absolute atomic E-state index is 8.85. The Hall–Kier alpha value is -0.920. The summed E-state index contributed by atoms with van der Waals surface area (Å²) in [7, 11) is 1.97. The minimum Gasteiger partial charge on any atom is -0.356 e. The summed E-state index contributed by atoms with van der Waals surface area (Å²) in [5, 5.41) is 9.25. The topological polar surface area (TPSA) is 39.9 Å². The molecule has 0 aliphatic heterocycles. The number of nitrogens with zero attached hydrogens (tertiary/aromatic N) is 3. The number of hydrogen-bond donors (Lipinski definition) is 0. The van der Waals surface area contributed by atoms with E-state index < -0.39 is 0 Å². The zero-order valence-electron chi connectivity index (χ0n) is 9.57. The van der Waals surface area contributed by atoms with Gasteiger partial charge in [-0.15, -0.1) is 0 Å². The second-order valence-electron chi connectivity index (χ2n) is 3.53. The van der Waals surface area contributed by atoms with Gasteiger partial charge in [0.05, 0.1) is 5.02 Å². The van der Waals surface area contributed by atoms with Crippen molar-refractivity contribution in [1.29, 1.82) is 5.26 Å². The largest absolute Gasteiger partial charge is 0.356 e. The summed E-state index contributed by atoms with van der Waals surface area (Å²) in [6.07, 6.45) is 2.07. The maximum atomic E-state index is 8.85. The second-order valence-corrected chi connectivity index (χ2v) is 4.84. The van der Waals surface area contributed by atoms with E-state index in [-0.39, 0.29) is 5.69 Å². The molecule has 5 heteroatoms. The van der Waals surface area contributed by atoms with Crippen LogP contribution in [0.1, 0.15) is 12.6 Å². The molecule has 0 aliphatic rings. The standard InChI is InChI=1S/C11H14ClN3S/c1-8(7-16-3)15(2)11-5-4-9(12)10(6-13)14-11/h4-5,8H,7H2,1-3H3. The zero-order valence-corrected chi connectivity index (χ0v) is 11.1. The first-order chi connectivity index (χ1) is 7.60. The number of hydrogen-bond acceptors (Lipinski definition) is 4. The molecule has 1 aromatic rings. The smallest absolute Gasteiger partial charge is 0.161 e. The number of pyridine rings is 1. The molecule has 0 amide bonds. The molecule has 0 aromatic carbocycles. The predicted molar refractivity (Wildman–Crippen MR) is 70.2 cm³/mol. The number of nitriles is 1. The fourth-order valence-corrected chi connectivity index (χ4v) is 2.14. The molecule has 0 bridgehead atoms. The van der Waals surface area contributed by atoms with Gasteiger partial charge in [-0.05, 0) is 25.3 Å². The van der Waals surface area contributed by atoms with Gasteiger partial charge in [0.15, 0.2) is 5.69 Å². The van der Waals surface area contributed by atoms with Crippen molar-refractivity contribution in [3.63, 3.8) is 0 Å². The minimum absolute atomic E-state index is 0.280. The Morgan fingerprint density at radius 3 is 2.88 bits per heavy atom. The van der Waals surface area contributed by atoms with Crippen LogP contribution >= 0.6 is 23.4 Å². The van der Waals surface area contributed by atoms with E-state index in [0.29, 0.717) is 11.1 Å². The summed E-state index contributed by atoms with van der Waals surface area (Å²) in [6.45, 7) is 2.12. The minimum atomic E-state index is 0.280. The average molecular weight is 256 g/mol. The van der Waals surface area contributed by atoms with Crippen LogP contribution in [-0.4, -0.2) is 30.1 Å². The number of thioether (sulfide) groups is 1. The van der Waals surface area contributed by atoms with Crippen molar-refractivity contribution >= 4 is 29.2 Å². The third-order valence-corrected chi connectivity index (χ3v) is 3.49. The normalized spacial score (nSPS) is 11.9. The van der Waals surface area contributed by atoms with Crippen molar-refractivity contribution in [2.45, 2.75) is 13.0 Å². The van der Waals surface area contributed by atoms with Crippen LogP contribution in [0.2, 0.25) is 5.02 Å². The zero-order chi connectivity index (χ0) is 12.1. The van der Waals surface area contributed by atoms with Crippen molar-refractivity contribution in [3.05, 3.63) is 22.8 Å². The summed E-state index contributed by atoms with van der Waals surface area (Å²) in [4.78, 5) is 6.27. The van der Waals surface area contributed by atoms with Crippen molar-refractivity contribution in [2.24, 2.45) is 0 Å². The molecule has 1 atom stereocenters. The van der Waals surface area contributed by atoms with Crippen molar-refractivity contribution in [1.82, 2.24) is 4.98 Å². The third-order valence-electron chi connectivity index (χ3n) is 2.37. The van der Waals surface area contributed by atoms with Gasteiger partial charge in [-0.1, -0.05) is 11.6 Å². The fraction of sp³-hybridized carbons (Fsp3) is 0.455. The number of halogens is 1. The van der Waals surface area contributed by atoms with Crippen LogP contribution in [0.3, 0.4) is 0 Å². The summed E-state index contributed by atoms with van der Waals surface area (Å²) in [5.74, 6) is 1.80. The molecule has 0 radical (unpaired) electrons. The highest BCUT2D eigenvalue weighted by Gasteiger charge is 2.12. The highest BCUT2D eigenvalue weighted by Crippen LogP contribution is 2.19. The molecule has 0 aliphatic carbocycles. The van der Waals surface area contributed by atoms with Gasteiger partial charge in [0.1, 0.15) is 11.9 Å². The summed E-state index contributed by atoms with van der Waals surface area (Å²) in [5.41, 5.74) is 0.280. The van der Waals surface area contributed by atoms with Crippen LogP contribution in [0.25, 0.3) is 0 Å². The molecule has 1 rings (SSSR count). The number of aromatic nitrogens is 1. The quantitative estimate of drug-likeness (QED) is 0.830. The lowest BCUT2D eigenvalue weighted by molar-refractivity contribution is 0.753. The highest BCUT2D eigenvalue weighted by molar-refractivity contribution is 7.98. The first kappa shape index (κ1) is 13.1. The molecule has 86 valence electrons. The van der Waals surface area contributed by atoms with Gasteiger partial charge in [-0.3, -0.25) is 0 Å². The highest BCUT2D eigenvalue weighted by atomic mass is 35.5. The average Bonchev–Trinajstić information content (AvgIpc) is 2.29. The molecule has 1 unspecified atom stereocenters. The first-order valence-electron chi connectivity index (χ1n) is 4.88. The van der Waals surface area contributed by atoms with Crippen LogP contribution in [0.5, 0.6) is 0 Å². The lowest BCUT2D eigenvalue weighted by atomic mass is 10.3. The molecular weight excluding hydrogens is 242 g/mol. The van der Waals surface area contributed by atoms with E-state index in [2.05, 4.69) is 18.2 Å². The lowest BCUT2D eigenvalue weighted by Gasteiger charge is -2.25. The van der Waals surface area contributed by atoms with Crippen LogP contribution in [-0.2, 0) is 0 Å². The molecule has 1 aromatic heterocycles. The molecular formula is C11H14ClN3S.